The van der Waals surface area contributed by atoms with Gasteiger partial charge in [-0.3, -0.25) is 20.4 Å². The van der Waals surface area contributed by atoms with Gasteiger partial charge in [0, 0.05) is 22.6 Å². The molecule has 2 amide bonds. The summed E-state index contributed by atoms with van der Waals surface area (Å²) in [6, 6.07) is 7.38. The number of carbonyl (C=O) groups is 2. The van der Waals surface area contributed by atoms with Gasteiger partial charge >= 0.3 is 0 Å². The highest BCUT2D eigenvalue weighted by atomic mass is 32.2. The van der Waals surface area contributed by atoms with E-state index in [4.69, 9.17) is 24.4 Å². The smallest absolute Gasteiger partial charge is 0.248 e. The fourth-order valence-corrected chi connectivity index (χ4v) is 3.17. The van der Waals surface area contributed by atoms with E-state index >= 15 is 0 Å². The van der Waals surface area contributed by atoms with Gasteiger partial charge in [0.25, 0.3) is 0 Å². The van der Waals surface area contributed by atoms with Gasteiger partial charge < -0.3 is 10.6 Å². The largest absolute Gasteiger partial charge is 0.331 e. The summed E-state index contributed by atoms with van der Waals surface area (Å²) >= 11 is 12.5. The molecular weight excluding hydrogens is 410 g/mol. The number of benzene rings is 1. The maximum atomic E-state index is 11.8. The van der Waals surface area contributed by atoms with Crippen molar-refractivity contribution in [1.29, 1.82) is 0 Å². The van der Waals surface area contributed by atoms with Crippen LogP contribution in [0.15, 0.2) is 35.8 Å². The van der Waals surface area contributed by atoms with Crippen LogP contribution in [0.1, 0.15) is 5.56 Å². The lowest BCUT2D eigenvalue weighted by Gasteiger charge is -2.11. The predicted octanol–water partition coefficient (Wildman–Crippen LogP) is 2.18. The molecule has 0 radical (unpaired) electrons. The molecule has 1 aromatic heterocycles. The van der Waals surface area contributed by atoms with Gasteiger partial charge in [-0.1, -0.05) is 24.4 Å². The Bertz CT molecular complexity index is 782. The van der Waals surface area contributed by atoms with E-state index in [-0.39, 0.29) is 28.4 Å². The first-order valence-electron chi connectivity index (χ1n) is 7.25. The minimum absolute atomic E-state index is 0.112. The number of nitrogens with zero attached hydrogens (tertiary/aromatic N) is 1. The molecule has 0 bridgehead atoms. The van der Waals surface area contributed by atoms with Crippen LogP contribution in [0.5, 0.6) is 0 Å². The topological polar surface area (TPSA) is 95.2 Å². The summed E-state index contributed by atoms with van der Waals surface area (Å²) in [5.41, 5.74) is 6.70. The molecule has 0 aliphatic heterocycles. The number of nitrogens with one attached hydrogen (secondary N) is 4. The van der Waals surface area contributed by atoms with Crippen molar-refractivity contribution in [2.45, 2.75) is 0 Å². The number of anilines is 2. The number of aromatic nitrogens is 1. The lowest BCUT2D eigenvalue weighted by Crippen LogP contribution is -2.44. The van der Waals surface area contributed by atoms with Crippen LogP contribution in [0.4, 0.5) is 10.8 Å². The summed E-state index contributed by atoms with van der Waals surface area (Å²) in [5.74, 6) is -0.239. The monoisotopic (exact) mass is 425 g/mol. The van der Waals surface area contributed by atoms with E-state index in [1.165, 1.54) is 23.1 Å². The summed E-state index contributed by atoms with van der Waals surface area (Å²) in [6.07, 6.45) is 1.61. The number of rotatable bonds is 7. The zero-order chi connectivity index (χ0) is 18.8. The molecule has 0 atom stereocenters. The van der Waals surface area contributed by atoms with Crippen molar-refractivity contribution in [3.8, 4) is 0 Å². The second-order valence-electron chi connectivity index (χ2n) is 4.75. The van der Waals surface area contributed by atoms with Gasteiger partial charge in [0.15, 0.2) is 10.2 Å². The van der Waals surface area contributed by atoms with E-state index < -0.39 is 0 Å². The second-order valence-corrected chi connectivity index (χ2v) is 7.27. The third kappa shape index (κ3) is 7.44. The van der Waals surface area contributed by atoms with Crippen LogP contribution in [0.25, 0.3) is 0 Å². The number of thiocarbonyl (C=S) groups is 2. The average Bonchev–Trinajstić information content (AvgIpc) is 3.13. The number of hydrogen-bond acceptors (Lipinski definition) is 7. The second kappa shape index (κ2) is 10.8. The average molecular weight is 426 g/mol. The van der Waals surface area contributed by atoms with E-state index in [0.29, 0.717) is 5.13 Å². The Kier molecular flexibility index (Phi) is 8.41. The molecule has 0 aliphatic carbocycles. The van der Waals surface area contributed by atoms with Gasteiger partial charge in [-0.05, 0) is 29.9 Å². The molecule has 0 aliphatic rings. The Labute approximate surface area is 169 Å². The number of thiazole rings is 1. The summed E-state index contributed by atoms with van der Waals surface area (Å²) < 4.78 is 0. The highest BCUT2D eigenvalue weighted by Gasteiger charge is 2.07. The van der Waals surface area contributed by atoms with Gasteiger partial charge in [0.05, 0.1) is 11.5 Å². The van der Waals surface area contributed by atoms with Crippen LogP contribution < -0.4 is 21.5 Å². The molecule has 136 valence electrons. The van der Waals surface area contributed by atoms with Crippen molar-refractivity contribution in [1.82, 2.24) is 15.8 Å². The minimum Gasteiger partial charge on any atom is -0.331 e. The number of hydrazine groups is 1. The summed E-state index contributed by atoms with van der Waals surface area (Å²) in [5, 5.41) is 9.68. The van der Waals surface area contributed by atoms with E-state index in [0.717, 1.165) is 11.3 Å². The van der Waals surface area contributed by atoms with Crippen molar-refractivity contribution in [2.75, 3.05) is 22.1 Å². The standard InChI is InChI=1S/C15H15N5O2S4/c21-12(18-15-16-4-5-26-15)8-25-9-13(22)19-20-14(24)17-11-3-1-2-10(6-11)7-23/h1-7H,8-9H2,(H,19,22)(H,16,18,21)(H2,17,20,24). The van der Waals surface area contributed by atoms with E-state index in [1.807, 2.05) is 24.3 Å². The number of amides is 2. The van der Waals surface area contributed by atoms with E-state index in [2.05, 4.69) is 26.5 Å². The van der Waals surface area contributed by atoms with Crippen molar-refractivity contribution >= 4 is 80.6 Å². The fraction of sp³-hybridized carbons (Fsp3) is 0.133. The molecule has 1 aromatic carbocycles. The van der Waals surface area contributed by atoms with E-state index in [9.17, 15) is 9.59 Å². The molecule has 2 rings (SSSR count). The zero-order valence-electron chi connectivity index (χ0n) is 13.4. The van der Waals surface area contributed by atoms with Crippen LogP contribution in [0.2, 0.25) is 0 Å². The zero-order valence-corrected chi connectivity index (χ0v) is 16.6. The molecule has 2 aromatic rings. The van der Waals surface area contributed by atoms with Gasteiger partial charge in [0.2, 0.25) is 11.8 Å². The first kappa shape index (κ1) is 20.2. The molecule has 0 saturated heterocycles. The molecule has 1 heterocycles. The summed E-state index contributed by atoms with van der Waals surface area (Å²) in [7, 11) is 0. The molecular formula is C15H15N5O2S4. The van der Waals surface area contributed by atoms with Gasteiger partial charge in [-0.25, -0.2) is 4.98 Å². The molecule has 11 heteroatoms. The quantitative estimate of drug-likeness (QED) is 0.396. The molecule has 26 heavy (non-hydrogen) atoms. The Morgan fingerprint density at radius 1 is 1.19 bits per heavy atom. The SMILES string of the molecule is O=C(CSCC(=O)Nc1nccs1)NNC(=S)Nc1cccc(C=S)c1. The van der Waals surface area contributed by atoms with Crippen LogP contribution in [0.3, 0.4) is 0 Å². The Hall–Kier alpha value is -2.08. The summed E-state index contributed by atoms with van der Waals surface area (Å²) in [4.78, 5) is 27.4. The van der Waals surface area contributed by atoms with E-state index in [1.54, 1.807) is 16.9 Å². The predicted molar refractivity (Wildman–Crippen MR) is 115 cm³/mol. The molecule has 0 spiro atoms. The Morgan fingerprint density at radius 2 is 2.00 bits per heavy atom. The van der Waals surface area contributed by atoms with Crippen molar-refractivity contribution in [3.63, 3.8) is 0 Å². The Balaban J connectivity index is 1.62. The first-order valence-corrected chi connectivity index (χ1v) is 10.2. The van der Waals surface area contributed by atoms with Crippen molar-refractivity contribution < 1.29 is 9.59 Å². The van der Waals surface area contributed by atoms with Gasteiger partial charge in [0.1, 0.15) is 0 Å². The van der Waals surface area contributed by atoms with Crippen LogP contribution in [-0.2, 0) is 9.59 Å². The molecule has 4 N–H and O–H groups in total. The number of carbonyl (C=O) groups excluding carboxylic acids is 2. The molecule has 0 saturated carbocycles. The molecule has 0 unspecified atom stereocenters. The summed E-state index contributed by atoms with van der Waals surface area (Å²) in [6.45, 7) is 0. The highest BCUT2D eigenvalue weighted by molar-refractivity contribution is 8.00. The lowest BCUT2D eigenvalue weighted by molar-refractivity contribution is -0.119. The normalized spacial score (nSPS) is 9.85. The molecule has 0 fully saturated rings. The van der Waals surface area contributed by atoms with Crippen LogP contribution in [-0.4, -0.2) is 38.8 Å². The van der Waals surface area contributed by atoms with Gasteiger partial charge in [-0.15, -0.1) is 23.1 Å². The van der Waals surface area contributed by atoms with Crippen LogP contribution in [0, 0.1) is 0 Å². The van der Waals surface area contributed by atoms with Crippen LogP contribution >= 0.6 is 47.5 Å². The maximum absolute atomic E-state index is 11.8. The number of thioether (sulfide) groups is 1. The maximum Gasteiger partial charge on any atom is 0.248 e. The lowest BCUT2D eigenvalue weighted by atomic mass is 10.2. The number of hydrogen-bond donors (Lipinski definition) is 4. The molecule has 7 nitrogen and oxygen atoms in total. The third-order valence-corrected chi connectivity index (χ3v) is 4.84. The fourth-order valence-electron chi connectivity index (χ4n) is 1.69. The third-order valence-electron chi connectivity index (χ3n) is 2.74. The first-order chi connectivity index (χ1) is 12.6. The van der Waals surface area contributed by atoms with Crippen molar-refractivity contribution in [2.24, 2.45) is 0 Å². The highest BCUT2D eigenvalue weighted by Crippen LogP contribution is 2.11. The van der Waals surface area contributed by atoms with Crippen molar-refractivity contribution in [3.05, 3.63) is 41.4 Å². The Morgan fingerprint density at radius 3 is 2.73 bits per heavy atom. The van der Waals surface area contributed by atoms with Gasteiger partial charge in [-0.2, -0.15) is 0 Å². The minimum atomic E-state index is -0.297.